The minimum absolute atomic E-state index is 0.0429. The number of rotatable bonds is 2. The molecule has 26 heavy (non-hydrogen) atoms. The van der Waals surface area contributed by atoms with Crippen molar-refractivity contribution in [3.8, 4) is 0 Å². The van der Waals surface area contributed by atoms with Crippen LogP contribution in [0.2, 0.25) is 5.02 Å². The average molecular weight is 375 g/mol. The van der Waals surface area contributed by atoms with E-state index in [4.69, 9.17) is 11.6 Å². The molecule has 0 spiro atoms. The summed E-state index contributed by atoms with van der Waals surface area (Å²) in [7, 11) is 0. The molecule has 1 aliphatic rings. The molecule has 0 aromatic heterocycles. The lowest BCUT2D eigenvalue weighted by atomic mass is 9.94. The van der Waals surface area contributed by atoms with Crippen LogP contribution in [0.25, 0.3) is 0 Å². The van der Waals surface area contributed by atoms with Gasteiger partial charge in [0.25, 0.3) is 5.91 Å². The van der Waals surface area contributed by atoms with E-state index >= 15 is 0 Å². The monoisotopic (exact) mass is 374 g/mol. The van der Waals surface area contributed by atoms with E-state index in [1.165, 1.54) is 12.1 Å². The van der Waals surface area contributed by atoms with Crippen molar-refractivity contribution in [2.24, 2.45) is 5.41 Å². The standard InChI is InChI=1S/C20H20ClFN2O2/c1-20(2,3)19(26)24-9-8-12-4-6-14(11-17(12)24)23-18(25)15-7-5-13(22)10-16(15)21/h4-7,10-11H,8-9H2,1-3H3,(H,23,25). The summed E-state index contributed by atoms with van der Waals surface area (Å²) in [6.45, 7) is 6.28. The molecule has 0 saturated carbocycles. The third-order valence-electron chi connectivity index (χ3n) is 4.30. The highest BCUT2D eigenvalue weighted by molar-refractivity contribution is 6.34. The molecular weight excluding hydrogens is 355 g/mol. The predicted octanol–water partition coefficient (Wildman–Crippen LogP) is 4.67. The first-order valence-electron chi connectivity index (χ1n) is 8.38. The summed E-state index contributed by atoms with van der Waals surface area (Å²) in [6.07, 6.45) is 0.787. The van der Waals surface area contributed by atoms with E-state index in [0.29, 0.717) is 12.2 Å². The first-order valence-corrected chi connectivity index (χ1v) is 8.76. The lowest BCUT2D eigenvalue weighted by Gasteiger charge is -2.26. The molecule has 0 bridgehead atoms. The van der Waals surface area contributed by atoms with Gasteiger partial charge in [0.05, 0.1) is 10.6 Å². The number of halogens is 2. The highest BCUT2D eigenvalue weighted by atomic mass is 35.5. The number of amides is 2. The number of carbonyl (C=O) groups is 2. The van der Waals surface area contributed by atoms with E-state index < -0.39 is 17.1 Å². The average Bonchev–Trinajstić information content (AvgIpc) is 2.96. The molecule has 4 nitrogen and oxygen atoms in total. The lowest BCUT2D eigenvalue weighted by Crippen LogP contribution is -2.38. The van der Waals surface area contributed by atoms with Gasteiger partial charge in [0.1, 0.15) is 5.82 Å². The topological polar surface area (TPSA) is 49.4 Å². The van der Waals surface area contributed by atoms with Crippen molar-refractivity contribution in [1.29, 1.82) is 0 Å². The van der Waals surface area contributed by atoms with Gasteiger partial charge in [-0.3, -0.25) is 9.59 Å². The molecule has 0 atom stereocenters. The fraction of sp³-hybridized carbons (Fsp3) is 0.300. The predicted molar refractivity (Wildman–Crippen MR) is 101 cm³/mol. The van der Waals surface area contributed by atoms with Gasteiger partial charge < -0.3 is 10.2 Å². The molecule has 1 aliphatic heterocycles. The summed E-state index contributed by atoms with van der Waals surface area (Å²) in [5.74, 6) is -0.886. The number of nitrogens with zero attached hydrogens (tertiary/aromatic N) is 1. The van der Waals surface area contributed by atoms with Crippen molar-refractivity contribution in [2.45, 2.75) is 27.2 Å². The zero-order valence-electron chi connectivity index (χ0n) is 14.9. The fourth-order valence-corrected chi connectivity index (χ4v) is 3.20. The molecule has 1 N–H and O–H groups in total. The SMILES string of the molecule is CC(C)(C)C(=O)N1CCc2ccc(NC(=O)c3ccc(F)cc3Cl)cc21. The number of hydrogen-bond donors (Lipinski definition) is 1. The van der Waals surface area contributed by atoms with Crippen molar-refractivity contribution in [3.05, 3.63) is 58.4 Å². The van der Waals surface area contributed by atoms with Crippen LogP contribution in [0.5, 0.6) is 0 Å². The Bertz CT molecular complexity index is 890. The van der Waals surface area contributed by atoms with Crippen LogP contribution in [0.4, 0.5) is 15.8 Å². The van der Waals surface area contributed by atoms with Gasteiger partial charge in [-0.15, -0.1) is 0 Å². The Kier molecular flexibility index (Phi) is 4.76. The zero-order valence-corrected chi connectivity index (χ0v) is 15.7. The van der Waals surface area contributed by atoms with Gasteiger partial charge in [-0.2, -0.15) is 0 Å². The summed E-state index contributed by atoms with van der Waals surface area (Å²) in [5.41, 5.74) is 2.15. The Morgan fingerprint density at radius 1 is 1.15 bits per heavy atom. The molecule has 0 radical (unpaired) electrons. The number of fused-ring (bicyclic) bond motifs is 1. The second-order valence-corrected chi connectivity index (χ2v) is 7.79. The molecule has 3 rings (SSSR count). The molecule has 2 aromatic carbocycles. The normalized spacial score (nSPS) is 13.5. The Hall–Kier alpha value is -2.40. The third kappa shape index (κ3) is 3.58. The largest absolute Gasteiger partial charge is 0.322 e. The van der Waals surface area contributed by atoms with Gasteiger partial charge >= 0.3 is 0 Å². The molecule has 136 valence electrons. The van der Waals surface area contributed by atoms with E-state index in [-0.39, 0.29) is 16.5 Å². The number of carbonyl (C=O) groups excluding carboxylic acids is 2. The maximum absolute atomic E-state index is 13.1. The third-order valence-corrected chi connectivity index (χ3v) is 4.61. The highest BCUT2D eigenvalue weighted by Gasteiger charge is 2.32. The highest BCUT2D eigenvalue weighted by Crippen LogP contribution is 2.34. The maximum Gasteiger partial charge on any atom is 0.257 e. The number of nitrogens with one attached hydrogen (secondary N) is 1. The molecule has 0 saturated heterocycles. The van der Waals surface area contributed by atoms with E-state index in [1.807, 2.05) is 26.8 Å². The molecule has 6 heteroatoms. The summed E-state index contributed by atoms with van der Waals surface area (Å²) >= 11 is 5.95. The second kappa shape index (κ2) is 6.72. The first kappa shape index (κ1) is 18.4. The minimum atomic E-state index is -0.500. The first-order chi connectivity index (χ1) is 12.2. The van der Waals surface area contributed by atoms with Crippen LogP contribution in [0, 0.1) is 11.2 Å². The van der Waals surface area contributed by atoms with Crippen LogP contribution < -0.4 is 10.2 Å². The van der Waals surface area contributed by atoms with E-state index in [2.05, 4.69) is 5.32 Å². The van der Waals surface area contributed by atoms with Gasteiger partial charge in [0.2, 0.25) is 5.91 Å². The van der Waals surface area contributed by atoms with Crippen molar-refractivity contribution < 1.29 is 14.0 Å². The van der Waals surface area contributed by atoms with Crippen molar-refractivity contribution in [1.82, 2.24) is 0 Å². The van der Waals surface area contributed by atoms with Crippen LogP contribution in [0.3, 0.4) is 0 Å². The summed E-state index contributed by atoms with van der Waals surface area (Å²) in [6, 6.07) is 9.12. The van der Waals surface area contributed by atoms with Gasteiger partial charge in [-0.1, -0.05) is 38.4 Å². The lowest BCUT2D eigenvalue weighted by molar-refractivity contribution is -0.125. The Morgan fingerprint density at radius 3 is 2.54 bits per heavy atom. The number of benzene rings is 2. The molecule has 0 fully saturated rings. The van der Waals surface area contributed by atoms with Crippen LogP contribution in [-0.2, 0) is 11.2 Å². The molecule has 0 unspecified atom stereocenters. The quantitative estimate of drug-likeness (QED) is 0.830. The van der Waals surface area contributed by atoms with E-state index in [9.17, 15) is 14.0 Å². The fourth-order valence-electron chi connectivity index (χ4n) is 2.94. The van der Waals surface area contributed by atoms with E-state index in [0.717, 1.165) is 23.7 Å². The zero-order chi connectivity index (χ0) is 19.1. The number of anilines is 2. The van der Waals surface area contributed by atoms with Gasteiger partial charge in [0.15, 0.2) is 0 Å². The molecule has 1 heterocycles. The second-order valence-electron chi connectivity index (χ2n) is 7.38. The van der Waals surface area contributed by atoms with Crippen LogP contribution in [-0.4, -0.2) is 18.4 Å². The smallest absolute Gasteiger partial charge is 0.257 e. The molecule has 2 amide bonds. The number of hydrogen-bond acceptors (Lipinski definition) is 2. The van der Waals surface area contributed by atoms with Crippen LogP contribution in [0.1, 0.15) is 36.7 Å². The maximum atomic E-state index is 13.1. The molecule has 0 aliphatic carbocycles. The van der Waals surface area contributed by atoms with Crippen LogP contribution >= 0.6 is 11.6 Å². The molecule has 2 aromatic rings. The molecular formula is C20H20ClFN2O2. The summed E-state index contributed by atoms with van der Waals surface area (Å²) in [5, 5.41) is 2.81. The van der Waals surface area contributed by atoms with Crippen LogP contribution in [0.15, 0.2) is 36.4 Å². The summed E-state index contributed by atoms with van der Waals surface area (Å²) < 4.78 is 13.1. The Labute approximate surface area is 157 Å². The Morgan fingerprint density at radius 2 is 1.88 bits per heavy atom. The van der Waals surface area contributed by atoms with Gasteiger partial charge in [0, 0.05) is 23.3 Å². The van der Waals surface area contributed by atoms with E-state index in [1.54, 1.807) is 17.0 Å². The van der Waals surface area contributed by atoms with Crippen molar-refractivity contribution >= 4 is 34.8 Å². The van der Waals surface area contributed by atoms with Gasteiger partial charge in [-0.05, 0) is 42.3 Å². The van der Waals surface area contributed by atoms with Crippen molar-refractivity contribution in [2.75, 3.05) is 16.8 Å². The van der Waals surface area contributed by atoms with Gasteiger partial charge in [-0.25, -0.2) is 4.39 Å². The Balaban J connectivity index is 1.85. The minimum Gasteiger partial charge on any atom is -0.322 e. The van der Waals surface area contributed by atoms with Crippen molar-refractivity contribution in [3.63, 3.8) is 0 Å². The summed E-state index contributed by atoms with van der Waals surface area (Å²) in [4.78, 5) is 26.8.